The number of carbonyl (C=O) groups excluding carboxylic acids is 3. The highest BCUT2D eigenvalue weighted by molar-refractivity contribution is 8.04. The summed E-state index contributed by atoms with van der Waals surface area (Å²) < 4.78 is 5.97. The number of carbonyl (C=O) groups is 3. The Morgan fingerprint density at radius 2 is 2.07 bits per heavy atom. The van der Waals surface area contributed by atoms with E-state index in [1.807, 2.05) is 55.1 Å². The van der Waals surface area contributed by atoms with Crippen molar-refractivity contribution in [3.63, 3.8) is 0 Å². The third-order valence-electron chi connectivity index (χ3n) is 8.10. The highest BCUT2D eigenvalue weighted by Gasteiger charge is 2.52. The van der Waals surface area contributed by atoms with Crippen LogP contribution in [-0.2, 0) is 9.59 Å². The van der Waals surface area contributed by atoms with Crippen LogP contribution in [0.25, 0.3) is 0 Å². The number of nitrogens with one attached hydrogen (secondary N) is 3. The molecule has 0 saturated carbocycles. The van der Waals surface area contributed by atoms with Crippen molar-refractivity contribution < 1.29 is 19.1 Å². The number of hydrogen-bond donors (Lipinski definition) is 3. The second-order valence-corrected chi connectivity index (χ2v) is 12.0. The van der Waals surface area contributed by atoms with Crippen molar-refractivity contribution in [2.45, 2.75) is 50.6 Å². The molecule has 1 aromatic heterocycles. The van der Waals surface area contributed by atoms with Gasteiger partial charge in [-0.2, -0.15) is 0 Å². The molecular weight excluding hydrogens is 540 g/mol. The molecule has 214 valence electrons. The Kier molecular flexibility index (Phi) is 7.48. The van der Waals surface area contributed by atoms with E-state index in [2.05, 4.69) is 27.5 Å². The molecule has 6 rings (SSSR count). The van der Waals surface area contributed by atoms with Crippen molar-refractivity contribution in [2.75, 3.05) is 24.5 Å². The van der Waals surface area contributed by atoms with E-state index in [0.29, 0.717) is 35.3 Å². The molecule has 5 heterocycles. The molecule has 4 amide bonds. The van der Waals surface area contributed by atoms with Gasteiger partial charge in [0.25, 0.3) is 5.91 Å². The summed E-state index contributed by atoms with van der Waals surface area (Å²) >= 11 is 1.48. The lowest BCUT2D eigenvalue weighted by molar-refractivity contribution is -0.128. The van der Waals surface area contributed by atoms with Gasteiger partial charge in [-0.05, 0) is 75.6 Å². The minimum absolute atomic E-state index is 0.0203. The van der Waals surface area contributed by atoms with Gasteiger partial charge in [0.15, 0.2) is 0 Å². The Morgan fingerprint density at radius 3 is 2.85 bits per heavy atom. The van der Waals surface area contributed by atoms with E-state index < -0.39 is 0 Å². The molecule has 3 saturated heterocycles. The lowest BCUT2D eigenvalue weighted by Gasteiger charge is -2.46. The van der Waals surface area contributed by atoms with Gasteiger partial charge in [0.2, 0.25) is 11.8 Å². The van der Waals surface area contributed by atoms with Gasteiger partial charge in [-0.15, -0.1) is 0 Å². The predicted molar refractivity (Wildman–Crippen MR) is 157 cm³/mol. The molecule has 2 aromatic rings. The fraction of sp³-hybridized carbons (Fsp3) is 0.400. The quantitative estimate of drug-likeness (QED) is 0.452. The van der Waals surface area contributed by atoms with E-state index >= 15 is 0 Å². The number of amides is 4. The minimum atomic E-state index is -0.243. The number of ether oxygens (including phenoxy) is 1. The summed E-state index contributed by atoms with van der Waals surface area (Å²) in [6.45, 7) is 9.32. The number of urea groups is 1. The summed E-state index contributed by atoms with van der Waals surface area (Å²) in [5.74, 6) is 0.793. The largest absolute Gasteiger partial charge is 0.439 e. The number of pyridine rings is 1. The lowest BCUT2D eigenvalue weighted by Crippen LogP contribution is -2.62. The summed E-state index contributed by atoms with van der Waals surface area (Å²) in [6.07, 6.45) is 3.69. The number of piperidine rings is 2. The highest BCUT2D eigenvalue weighted by Crippen LogP contribution is 2.48. The smallest absolute Gasteiger partial charge is 0.326 e. The van der Waals surface area contributed by atoms with Gasteiger partial charge in [0.05, 0.1) is 16.3 Å². The zero-order chi connectivity index (χ0) is 28.7. The number of benzene rings is 1. The fourth-order valence-corrected chi connectivity index (χ4v) is 7.63. The molecule has 0 radical (unpaired) electrons. The van der Waals surface area contributed by atoms with E-state index in [-0.39, 0.29) is 41.2 Å². The Labute approximate surface area is 243 Å². The second kappa shape index (κ2) is 11.2. The zero-order valence-corrected chi connectivity index (χ0v) is 24.0. The number of thioether (sulfide) groups is 1. The first-order valence-electron chi connectivity index (χ1n) is 14.0. The van der Waals surface area contributed by atoms with Crippen LogP contribution in [0.3, 0.4) is 0 Å². The van der Waals surface area contributed by atoms with Crippen molar-refractivity contribution in [3.05, 3.63) is 70.9 Å². The molecule has 0 bridgehead atoms. The number of rotatable bonds is 6. The first kappa shape index (κ1) is 27.3. The summed E-state index contributed by atoms with van der Waals surface area (Å²) in [5.41, 5.74) is 3.28. The molecule has 4 aliphatic rings. The van der Waals surface area contributed by atoms with E-state index in [1.54, 1.807) is 4.90 Å². The molecular formula is C30H34N6O4S. The molecule has 0 spiro atoms. The Hall–Kier alpha value is -3.83. The third kappa shape index (κ3) is 5.31. The van der Waals surface area contributed by atoms with Crippen molar-refractivity contribution in [1.29, 1.82) is 0 Å². The Morgan fingerprint density at radius 1 is 1.22 bits per heavy atom. The Bertz CT molecular complexity index is 1440. The summed E-state index contributed by atoms with van der Waals surface area (Å²) in [4.78, 5) is 47.7. The maximum atomic E-state index is 13.6. The maximum Gasteiger partial charge on any atom is 0.326 e. The first-order valence-corrected chi connectivity index (χ1v) is 14.9. The van der Waals surface area contributed by atoms with Crippen LogP contribution in [0.1, 0.15) is 30.5 Å². The van der Waals surface area contributed by atoms with Gasteiger partial charge in [-0.1, -0.05) is 24.4 Å². The number of aryl methyl sites for hydroxylation is 2. The number of anilines is 1. The van der Waals surface area contributed by atoms with Crippen LogP contribution in [0, 0.1) is 19.8 Å². The van der Waals surface area contributed by atoms with Crippen LogP contribution in [-0.4, -0.2) is 64.8 Å². The van der Waals surface area contributed by atoms with Gasteiger partial charge in [0, 0.05) is 48.2 Å². The van der Waals surface area contributed by atoms with E-state index in [1.165, 1.54) is 17.8 Å². The van der Waals surface area contributed by atoms with E-state index in [4.69, 9.17) is 4.74 Å². The molecule has 41 heavy (non-hydrogen) atoms. The van der Waals surface area contributed by atoms with Gasteiger partial charge < -0.3 is 25.6 Å². The van der Waals surface area contributed by atoms with E-state index in [0.717, 1.165) is 42.8 Å². The standard InChI is InChI=1S/C30H34N6O4S/c1-4-24(37)35-14-6-8-19(16-35)33-28(38)27-26-25-22(12-13-31-29(25)41-27)36(30(39)34-26)21-11-10-20(15-17(21)2)40-23-9-5-7-18(3)32-23/h4-5,7,9-11,15,19,22,25,29,31H,1,6,8,12-14,16H2,2-3H3,(H,33,38)(H,34,39)/t19-,22?,25?,29?/m1/s1. The monoisotopic (exact) mass is 574 g/mol. The third-order valence-corrected chi connectivity index (χ3v) is 9.46. The SMILES string of the molecule is C=CC(=O)N1CCC[C@@H](NC(=O)C2=C3NC(=O)N(c4ccc(Oc5cccc(C)n5)cc4C)C4CCNC(S2)C34)C1. The average molecular weight is 575 g/mol. The molecule has 4 aliphatic heterocycles. The molecule has 1 aromatic carbocycles. The predicted octanol–water partition coefficient (Wildman–Crippen LogP) is 3.58. The molecule has 3 unspecified atom stereocenters. The van der Waals surface area contributed by atoms with Crippen molar-refractivity contribution in [3.8, 4) is 11.6 Å². The van der Waals surface area contributed by atoms with Crippen LogP contribution in [0.5, 0.6) is 11.6 Å². The number of hydrogen-bond acceptors (Lipinski definition) is 7. The van der Waals surface area contributed by atoms with Crippen LogP contribution in [0.4, 0.5) is 10.5 Å². The van der Waals surface area contributed by atoms with E-state index in [9.17, 15) is 14.4 Å². The van der Waals surface area contributed by atoms with Crippen LogP contribution in [0.15, 0.2) is 59.7 Å². The molecule has 4 atom stereocenters. The normalized spacial score (nSPS) is 25.4. The second-order valence-electron chi connectivity index (χ2n) is 10.9. The van der Waals surface area contributed by atoms with Gasteiger partial charge >= 0.3 is 6.03 Å². The van der Waals surface area contributed by atoms with Gasteiger partial charge in [-0.3, -0.25) is 14.5 Å². The highest BCUT2D eigenvalue weighted by atomic mass is 32.2. The topological polar surface area (TPSA) is 116 Å². The first-order chi connectivity index (χ1) is 19.8. The van der Waals surface area contributed by atoms with Gasteiger partial charge in [-0.25, -0.2) is 9.78 Å². The van der Waals surface area contributed by atoms with Gasteiger partial charge in [0.1, 0.15) is 5.75 Å². The van der Waals surface area contributed by atoms with Crippen LogP contribution < -0.4 is 25.6 Å². The minimum Gasteiger partial charge on any atom is -0.439 e. The fourth-order valence-electron chi connectivity index (χ4n) is 6.23. The molecule has 10 nitrogen and oxygen atoms in total. The zero-order valence-electron chi connectivity index (χ0n) is 23.2. The number of aromatic nitrogens is 1. The summed E-state index contributed by atoms with van der Waals surface area (Å²) in [7, 11) is 0. The van der Waals surface area contributed by atoms with Crippen molar-refractivity contribution >= 4 is 35.3 Å². The molecule has 11 heteroatoms. The summed E-state index contributed by atoms with van der Waals surface area (Å²) in [6, 6.07) is 10.8. The molecule has 3 fully saturated rings. The van der Waals surface area contributed by atoms with Crippen molar-refractivity contribution in [1.82, 2.24) is 25.8 Å². The Balaban J connectivity index is 1.21. The lowest BCUT2D eigenvalue weighted by atomic mass is 9.86. The van der Waals surface area contributed by atoms with Crippen LogP contribution >= 0.6 is 11.8 Å². The average Bonchev–Trinajstić information content (AvgIpc) is 3.33. The molecule has 0 aliphatic carbocycles. The summed E-state index contributed by atoms with van der Waals surface area (Å²) in [5, 5.41) is 9.72. The number of likely N-dealkylation sites (tertiary alicyclic amines) is 1. The molecule has 3 N–H and O–H groups in total. The van der Waals surface area contributed by atoms with Crippen LogP contribution in [0.2, 0.25) is 0 Å². The van der Waals surface area contributed by atoms with Crippen molar-refractivity contribution in [2.24, 2.45) is 5.92 Å². The number of nitrogens with zero attached hydrogens (tertiary/aromatic N) is 3. The maximum absolute atomic E-state index is 13.6.